The van der Waals surface area contributed by atoms with E-state index in [1.165, 1.54) is 23.5 Å². The number of thiophene rings is 1. The van der Waals surface area contributed by atoms with Gasteiger partial charge in [0, 0.05) is 16.1 Å². The summed E-state index contributed by atoms with van der Waals surface area (Å²) < 4.78 is 18.2. The van der Waals surface area contributed by atoms with Crippen LogP contribution in [0.3, 0.4) is 0 Å². The second-order valence-corrected chi connectivity index (χ2v) is 7.77. The Labute approximate surface area is 170 Å². The Morgan fingerprint density at radius 3 is 2.62 bits per heavy atom. The van der Waals surface area contributed by atoms with Crippen LogP contribution in [0.5, 0.6) is 0 Å². The monoisotopic (exact) mass is 409 g/mol. The number of carbonyl (C=O) groups excluding carboxylic acids is 3. The first-order chi connectivity index (χ1) is 13.9. The van der Waals surface area contributed by atoms with E-state index >= 15 is 0 Å². The summed E-state index contributed by atoms with van der Waals surface area (Å²) in [6.07, 6.45) is 0. The Bertz CT molecular complexity index is 1120. The molecule has 3 aromatic rings. The highest BCUT2D eigenvalue weighted by Crippen LogP contribution is 2.33. The van der Waals surface area contributed by atoms with Crippen LogP contribution in [-0.4, -0.2) is 24.3 Å². The average Bonchev–Trinajstić information content (AvgIpc) is 3.32. The number of amides is 1. The van der Waals surface area contributed by atoms with Crippen LogP contribution in [0, 0.1) is 5.82 Å². The molecule has 1 amide bonds. The molecule has 1 atom stereocenters. The molecule has 0 fully saturated rings. The van der Waals surface area contributed by atoms with E-state index in [1.54, 1.807) is 49.4 Å². The lowest BCUT2D eigenvalue weighted by molar-refractivity contribution is -0.116. The Kier molecular flexibility index (Phi) is 4.98. The smallest absolute Gasteiger partial charge is 0.348 e. The van der Waals surface area contributed by atoms with Gasteiger partial charge < -0.3 is 10.1 Å². The van der Waals surface area contributed by atoms with Crippen molar-refractivity contribution in [1.82, 2.24) is 0 Å². The minimum Gasteiger partial charge on any atom is -0.453 e. The van der Waals surface area contributed by atoms with E-state index in [9.17, 15) is 18.8 Å². The van der Waals surface area contributed by atoms with Crippen LogP contribution in [0.4, 0.5) is 10.1 Å². The maximum absolute atomic E-state index is 13.0. The lowest BCUT2D eigenvalue weighted by Gasteiger charge is -2.06. The van der Waals surface area contributed by atoms with Gasteiger partial charge in [0.05, 0.1) is 5.92 Å². The minimum absolute atomic E-state index is 0.106. The molecule has 0 unspecified atom stereocenters. The zero-order valence-electron chi connectivity index (χ0n) is 15.4. The van der Waals surface area contributed by atoms with Crippen molar-refractivity contribution in [2.45, 2.75) is 12.8 Å². The van der Waals surface area contributed by atoms with Crippen molar-refractivity contribution in [2.75, 3.05) is 11.9 Å². The van der Waals surface area contributed by atoms with Gasteiger partial charge in [0.15, 0.2) is 12.4 Å². The van der Waals surface area contributed by atoms with Crippen LogP contribution in [0.25, 0.3) is 10.4 Å². The number of benzene rings is 2. The Balaban J connectivity index is 1.41. The number of hydrogen-bond acceptors (Lipinski definition) is 5. The Morgan fingerprint density at radius 2 is 1.86 bits per heavy atom. The zero-order valence-corrected chi connectivity index (χ0v) is 16.2. The second kappa shape index (κ2) is 7.60. The van der Waals surface area contributed by atoms with Crippen LogP contribution < -0.4 is 5.32 Å². The maximum Gasteiger partial charge on any atom is 0.348 e. The molecule has 1 aliphatic rings. The molecule has 0 aliphatic carbocycles. The van der Waals surface area contributed by atoms with Crippen molar-refractivity contribution in [3.05, 3.63) is 76.4 Å². The van der Waals surface area contributed by atoms with Crippen molar-refractivity contribution < 1.29 is 23.5 Å². The van der Waals surface area contributed by atoms with E-state index in [4.69, 9.17) is 4.74 Å². The number of nitrogens with one attached hydrogen (secondary N) is 1. The normalized spacial score (nSPS) is 15.0. The van der Waals surface area contributed by atoms with Gasteiger partial charge in [-0.15, -0.1) is 11.3 Å². The molecule has 1 N–H and O–H groups in total. The summed E-state index contributed by atoms with van der Waals surface area (Å²) in [5.74, 6) is -1.70. The molecular formula is C22H16FNO4S. The molecule has 0 spiro atoms. The van der Waals surface area contributed by atoms with Gasteiger partial charge in [0.2, 0.25) is 5.91 Å². The Morgan fingerprint density at radius 1 is 1.10 bits per heavy atom. The van der Waals surface area contributed by atoms with E-state index < -0.39 is 12.6 Å². The zero-order chi connectivity index (χ0) is 20.5. The fraction of sp³-hybridized carbons (Fsp3) is 0.136. The summed E-state index contributed by atoms with van der Waals surface area (Å²) in [6.45, 7) is 1.38. The Hall–Kier alpha value is -3.32. The molecule has 0 bridgehead atoms. The number of fused-ring (bicyclic) bond motifs is 1. The second-order valence-electron chi connectivity index (χ2n) is 6.68. The number of halogens is 1. The first-order valence-electron chi connectivity index (χ1n) is 8.93. The first-order valence-corrected chi connectivity index (χ1v) is 9.75. The van der Waals surface area contributed by atoms with Gasteiger partial charge in [-0.25, -0.2) is 9.18 Å². The molecular weight excluding hydrogens is 393 g/mol. The third-order valence-corrected chi connectivity index (χ3v) is 5.88. The molecule has 1 aromatic heterocycles. The molecule has 5 nitrogen and oxygen atoms in total. The van der Waals surface area contributed by atoms with Crippen molar-refractivity contribution in [2.24, 2.45) is 0 Å². The number of hydrogen-bond donors (Lipinski definition) is 1. The molecule has 7 heteroatoms. The standard InChI is InChI=1S/C22H16FNO4S/c1-12-16-10-14(4-7-17(16)24-21(12)26)18(25)11-28-22(27)20-9-8-19(29-20)13-2-5-15(23)6-3-13/h2-10,12H,11H2,1H3,(H,24,26)/t12-/m0/s1. The third-order valence-electron chi connectivity index (χ3n) is 4.76. The van der Waals surface area contributed by atoms with Crippen LogP contribution in [0.2, 0.25) is 0 Å². The maximum atomic E-state index is 13.0. The van der Waals surface area contributed by atoms with Gasteiger partial charge in [0.1, 0.15) is 10.7 Å². The molecule has 2 aromatic carbocycles. The fourth-order valence-corrected chi connectivity index (χ4v) is 4.00. The quantitative estimate of drug-likeness (QED) is 0.492. The number of anilines is 1. The van der Waals surface area contributed by atoms with E-state index in [1.807, 2.05) is 0 Å². The minimum atomic E-state index is -0.594. The lowest BCUT2D eigenvalue weighted by atomic mass is 9.99. The van der Waals surface area contributed by atoms with Crippen LogP contribution in [0.15, 0.2) is 54.6 Å². The summed E-state index contributed by atoms with van der Waals surface area (Å²) in [5, 5.41) is 2.75. The van der Waals surface area contributed by atoms with Crippen molar-refractivity contribution in [1.29, 1.82) is 0 Å². The van der Waals surface area contributed by atoms with E-state index in [0.29, 0.717) is 16.1 Å². The topological polar surface area (TPSA) is 72.5 Å². The molecule has 146 valence electrons. The fourth-order valence-electron chi connectivity index (χ4n) is 3.09. The van der Waals surface area contributed by atoms with Gasteiger partial charge in [-0.05, 0) is 60.5 Å². The van der Waals surface area contributed by atoms with Gasteiger partial charge in [-0.2, -0.15) is 0 Å². The SMILES string of the molecule is C[C@@H]1C(=O)Nc2ccc(C(=O)COC(=O)c3ccc(-c4ccc(F)cc4)s3)cc21. The lowest BCUT2D eigenvalue weighted by Crippen LogP contribution is -2.13. The molecule has 4 rings (SSSR count). The number of ketones is 1. The van der Waals surface area contributed by atoms with Crippen molar-refractivity contribution >= 4 is 34.7 Å². The summed E-state index contributed by atoms with van der Waals surface area (Å²) in [6, 6.07) is 14.3. The van der Waals surface area contributed by atoms with Gasteiger partial charge in [-0.3, -0.25) is 9.59 Å². The summed E-state index contributed by atoms with van der Waals surface area (Å²) >= 11 is 1.21. The van der Waals surface area contributed by atoms with Crippen LogP contribution in [0.1, 0.15) is 38.4 Å². The number of ether oxygens (including phenoxy) is 1. The average molecular weight is 409 g/mol. The summed E-state index contributed by atoms with van der Waals surface area (Å²) in [7, 11) is 0. The largest absolute Gasteiger partial charge is 0.453 e. The molecule has 2 heterocycles. The molecule has 0 saturated carbocycles. The van der Waals surface area contributed by atoms with Crippen LogP contribution >= 0.6 is 11.3 Å². The molecule has 29 heavy (non-hydrogen) atoms. The first kappa shape index (κ1) is 19.0. The third kappa shape index (κ3) is 3.82. The van der Waals surface area contributed by atoms with Gasteiger partial charge in [-0.1, -0.05) is 12.1 Å². The molecule has 1 aliphatic heterocycles. The molecule has 0 radical (unpaired) electrons. The van der Waals surface area contributed by atoms with Gasteiger partial charge in [0.25, 0.3) is 0 Å². The highest BCUT2D eigenvalue weighted by molar-refractivity contribution is 7.17. The number of rotatable bonds is 5. The van der Waals surface area contributed by atoms with E-state index in [0.717, 1.165) is 16.0 Å². The molecule has 0 saturated heterocycles. The number of esters is 1. The highest BCUT2D eigenvalue weighted by atomic mass is 32.1. The predicted octanol–water partition coefficient (Wildman–Crippen LogP) is 4.65. The summed E-state index contributed by atoms with van der Waals surface area (Å²) in [5.41, 5.74) is 2.64. The van der Waals surface area contributed by atoms with E-state index in [-0.39, 0.29) is 23.4 Å². The summed E-state index contributed by atoms with van der Waals surface area (Å²) in [4.78, 5) is 37.6. The number of Topliss-reactive ketones (excluding diaryl/α,β-unsaturated/α-hetero) is 1. The van der Waals surface area contributed by atoms with Crippen molar-refractivity contribution in [3.8, 4) is 10.4 Å². The predicted molar refractivity (Wildman–Crippen MR) is 108 cm³/mol. The van der Waals surface area contributed by atoms with Crippen LogP contribution in [-0.2, 0) is 9.53 Å². The number of carbonyl (C=O) groups is 3. The van der Waals surface area contributed by atoms with E-state index in [2.05, 4.69) is 5.32 Å². The van der Waals surface area contributed by atoms with Gasteiger partial charge >= 0.3 is 5.97 Å². The highest BCUT2D eigenvalue weighted by Gasteiger charge is 2.27. The van der Waals surface area contributed by atoms with Crippen molar-refractivity contribution in [3.63, 3.8) is 0 Å².